The average molecular weight is 359 g/mol. The highest BCUT2D eigenvalue weighted by molar-refractivity contribution is 8.17. The molecule has 0 saturated carbocycles. The van der Waals surface area contributed by atoms with Crippen molar-refractivity contribution >= 4 is 57.1 Å². The second-order valence-corrected chi connectivity index (χ2v) is 7.56. The van der Waals surface area contributed by atoms with Crippen LogP contribution in [0.25, 0.3) is 5.57 Å². The van der Waals surface area contributed by atoms with Crippen LogP contribution in [-0.4, -0.2) is 16.8 Å². The summed E-state index contributed by atoms with van der Waals surface area (Å²) >= 11 is 9.09. The van der Waals surface area contributed by atoms with Crippen LogP contribution in [-0.2, 0) is 11.2 Å². The molecule has 114 valence electrons. The van der Waals surface area contributed by atoms with E-state index in [2.05, 4.69) is 9.98 Å². The van der Waals surface area contributed by atoms with Crippen molar-refractivity contribution in [2.45, 2.75) is 6.42 Å². The van der Waals surface area contributed by atoms with Gasteiger partial charge in [-0.25, -0.2) is 4.99 Å². The third kappa shape index (κ3) is 2.92. The fourth-order valence-electron chi connectivity index (χ4n) is 2.59. The van der Waals surface area contributed by atoms with E-state index >= 15 is 0 Å². The summed E-state index contributed by atoms with van der Waals surface area (Å²) in [4.78, 5) is 22.5. The van der Waals surface area contributed by atoms with Crippen LogP contribution in [0.1, 0.15) is 10.4 Å². The van der Waals surface area contributed by atoms with Crippen LogP contribution < -0.4 is 0 Å². The van der Waals surface area contributed by atoms with Gasteiger partial charge in [0.2, 0.25) is 0 Å². The molecular formula is C17H11ClN2OS2. The number of amidine groups is 1. The van der Waals surface area contributed by atoms with Crippen LogP contribution in [0.2, 0.25) is 5.02 Å². The van der Waals surface area contributed by atoms with Crippen molar-refractivity contribution in [1.29, 1.82) is 0 Å². The summed E-state index contributed by atoms with van der Waals surface area (Å²) in [6.07, 6.45) is 0.608. The number of carbonyl (C=O) groups is 1. The molecule has 3 nitrogen and oxygen atoms in total. The molecule has 2 aromatic rings. The highest BCUT2D eigenvalue weighted by Crippen LogP contribution is 2.40. The Morgan fingerprint density at radius 3 is 2.70 bits per heavy atom. The Kier molecular flexibility index (Phi) is 3.93. The van der Waals surface area contributed by atoms with Crippen LogP contribution in [0.3, 0.4) is 0 Å². The quantitative estimate of drug-likeness (QED) is 0.799. The minimum absolute atomic E-state index is 0.132. The van der Waals surface area contributed by atoms with E-state index in [0.29, 0.717) is 17.3 Å². The third-order valence-corrected chi connectivity index (χ3v) is 5.75. The maximum absolute atomic E-state index is 12.5. The van der Waals surface area contributed by atoms with Gasteiger partial charge < -0.3 is 0 Å². The van der Waals surface area contributed by atoms with Gasteiger partial charge in [-0.3, -0.25) is 4.79 Å². The van der Waals surface area contributed by atoms with Crippen molar-refractivity contribution in [3.63, 3.8) is 0 Å². The van der Waals surface area contributed by atoms with Gasteiger partial charge in [-0.1, -0.05) is 41.6 Å². The summed E-state index contributed by atoms with van der Waals surface area (Å²) < 4.78 is 0. The van der Waals surface area contributed by atoms with E-state index < -0.39 is 0 Å². The van der Waals surface area contributed by atoms with Crippen molar-refractivity contribution in [3.8, 4) is 0 Å². The van der Waals surface area contributed by atoms with Gasteiger partial charge in [-0.2, -0.15) is 4.99 Å². The van der Waals surface area contributed by atoms with Gasteiger partial charge in [0.25, 0.3) is 5.91 Å². The molecule has 0 N–H and O–H groups in total. The molecule has 2 aliphatic heterocycles. The first-order chi connectivity index (χ1) is 11.2. The minimum Gasteiger partial charge on any atom is -0.271 e. The van der Waals surface area contributed by atoms with Crippen molar-refractivity contribution in [2.24, 2.45) is 15.9 Å². The SMILES string of the molecule is O=C1N=C(Cc2cccs2)N=C2SC=C(c3ccc(Cl)cc3)C12. The van der Waals surface area contributed by atoms with Gasteiger partial charge >= 0.3 is 0 Å². The molecule has 0 bridgehead atoms. The number of hydrogen-bond acceptors (Lipinski definition) is 4. The Labute approximate surface area is 146 Å². The van der Waals surface area contributed by atoms with E-state index in [9.17, 15) is 4.79 Å². The molecule has 0 aliphatic carbocycles. The molecule has 23 heavy (non-hydrogen) atoms. The number of carbonyl (C=O) groups excluding carboxylic acids is 1. The summed E-state index contributed by atoms with van der Waals surface area (Å²) in [5.74, 6) is 0.1000. The second-order valence-electron chi connectivity index (χ2n) is 5.20. The summed E-state index contributed by atoms with van der Waals surface area (Å²) in [5, 5.41) is 5.51. The number of amides is 1. The number of fused-ring (bicyclic) bond motifs is 1. The maximum Gasteiger partial charge on any atom is 0.261 e. The molecule has 1 unspecified atom stereocenters. The van der Waals surface area contributed by atoms with Crippen LogP contribution in [0.4, 0.5) is 0 Å². The normalized spacial score (nSPS) is 20.0. The highest BCUT2D eigenvalue weighted by atomic mass is 35.5. The van der Waals surface area contributed by atoms with Crippen LogP contribution in [0.15, 0.2) is 57.2 Å². The lowest BCUT2D eigenvalue weighted by molar-refractivity contribution is -0.118. The second kappa shape index (κ2) is 6.07. The predicted molar refractivity (Wildman–Crippen MR) is 98.4 cm³/mol. The molecule has 0 spiro atoms. The molecule has 1 amide bonds. The number of thioether (sulfide) groups is 1. The number of halogens is 1. The number of rotatable bonds is 3. The molecule has 3 heterocycles. The fourth-order valence-corrected chi connectivity index (χ4v) is 4.46. The largest absolute Gasteiger partial charge is 0.271 e. The molecule has 1 atom stereocenters. The fraction of sp³-hybridized carbons (Fsp3) is 0.118. The van der Waals surface area contributed by atoms with E-state index in [1.165, 1.54) is 11.8 Å². The van der Waals surface area contributed by atoms with E-state index in [1.807, 2.05) is 47.2 Å². The van der Waals surface area contributed by atoms with Gasteiger partial charge in [-0.05, 0) is 40.1 Å². The molecule has 0 radical (unpaired) electrons. The van der Waals surface area contributed by atoms with Gasteiger partial charge in [0.15, 0.2) is 0 Å². The number of thiophene rings is 1. The van der Waals surface area contributed by atoms with E-state index in [-0.39, 0.29) is 11.8 Å². The van der Waals surface area contributed by atoms with Gasteiger partial charge in [0.1, 0.15) is 11.8 Å². The van der Waals surface area contributed by atoms with Gasteiger partial charge in [0, 0.05) is 16.3 Å². The lowest BCUT2D eigenvalue weighted by atomic mass is 9.93. The first-order valence-electron chi connectivity index (χ1n) is 7.06. The Morgan fingerprint density at radius 2 is 1.96 bits per heavy atom. The Balaban J connectivity index is 1.60. The first kappa shape index (κ1) is 14.9. The maximum atomic E-state index is 12.5. The zero-order chi connectivity index (χ0) is 15.8. The molecule has 6 heteroatoms. The lowest BCUT2D eigenvalue weighted by Gasteiger charge is -2.16. The predicted octanol–water partition coefficient (Wildman–Crippen LogP) is 4.69. The molecule has 4 rings (SSSR count). The Morgan fingerprint density at radius 1 is 1.13 bits per heavy atom. The number of nitrogens with zero attached hydrogens (tertiary/aromatic N) is 2. The summed E-state index contributed by atoms with van der Waals surface area (Å²) in [6.45, 7) is 0. The molecule has 0 saturated heterocycles. The lowest BCUT2D eigenvalue weighted by Crippen LogP contribution is -2.25. The summed E-state index contributed by atoms with van der Waals surface area (Å²) in [6, 6.07) is 11.5. The third-order valence-electron chi connectivity index (χ3n) is 3.68. The van der Waals surface area contributed by atoms with E-state index in [0.717, 1.165) is 21.1 Å². The standard InChI is InChI=1S/C17H11ClN2OS2/c18-11-5-3-10(4-6-11)13-9-23-17-15(13)16(21)19-14(20-17)8-12-2-1-7-22-12/h1-7,9,15H,8H2. The molecule has 1 aromatic carbocycles. The van der Waals surface area contributed by atoms with Crippen molar-refractivity contribution < 1.29 is 4.79 Å². The zero-order valence-corrected chi connectivity index (χ0v) is 14.3. The minimum atomic E-state index is -0.367. The molecule has 0 fully saturated rings. The van der Waals surface area contributed by atoms with Crippen LogP contribution in [0.5, 0.6) is 0 Å². The smallest absolute Gasteiger partial charge is 0.261 e. The van der Waals surface area contributed by atoms with E-state index in [1.54, 1.807) is 11.3 Å². The van der Waals surface area contributed by atoms with Crippen LogP contribution in [0, 0.1) is 5.92 Å². The average Bonchev–Trinajstić information content (AvgIpc) is 3.18. The number of hydrogen-bond donors (Lipinski definition) is 0. The Bertz CT molecular complexity index is 851. The summed E-state index contributed by atoms with van der Waals surface area (Å²) in [5.41, 5.74) is 1.94. The molecule has 1 aromatic heterocycles. The monoisotopic (exact) mass is 358 g/mol. The van der Waals surface area contributed by atoms with Crippen molar-refractivity contribution in [2.75, 3.05) is 0 Å². The first-order valence-corrected chi connectivity index (χ1v) is 9.19. The van der Waals surface area contributed by atoms with Gasteiger partial charge in [0.05, 0.1) is 5.04 Å². The number of aliphatic imine (C=N–C) groups is 2. The zero-order valence-electron chi connectivity index (χ0n) is 11.9. The molecular weight excluding hydrogens is 348 g/mol. The molecule has 2 aliphatic rings. The van der Waals surface area contributed by atoms with Crippen molar-refractivity contribution in [1.82, 2.24) is 0 Å². The number of benzene rings is 1. The highest BCUT2D eigenvalue weighted by Gasteiger charge is 2.36. The van der Waals surface area contributed by atoms with E-state index in [4.69, 9.17) is 11.6 Å². The topological polar surface area (TPSA) is 41.8 Å². The van der Waals surface area contributed by atoms with Crippen LogP contribution >= 0.6 is 34.7 Å². The van der Waals surface area contributed by atoms with Crippen molar-refractivity contribution in [3.05, 3.63) is 62.6 Å². The van der Waals surface area contributed by atoms with Gasteiger partial charge in [-0.15, -0.1) is 11.3 Å². The Hall–Kier alpha value is -1.69. The summed E-state index contributed by atoms with van der Waals surface area (Å²) in [7, 11) is 0.